The number of hydrogen-bond donors (Lipinski definition) is 1. The highest BCUT2D eigenvalue weighted by Crippen LogP contribution is 2.59. The van der Waals surface area contributed by atoms with E-state index >= 15 is 0 Å². The third kappa shape index (κ3) is 7.45. The van der Waals surface area contributed by atoms with E-state index in [1.54, 1.807) is 0 Å². The molecular weight excluding hydrogens is 253 g/mol. The van der Waals surface area contributed by atoms with Gasteiger partial charge in [-0.1, -0.05) is 0 Å². The van der Waals surface area contributed by atoms with E-state index in [4.69, 9.17) is 17.5 Å². The van der Waals surface area contributed by atoms with Crippen molar-refractivity contribution in [3.63, 3.8) is 0 Å². The van der Waals surface area contributed by atoms with Crippen molar-refractivity contribution in [2.24, 2.45) is 0 Å². The molecule has 0 bridgehead atoms. The molecule has 0 heterocycles. The molecule has 0 saturated heterocycles. The van der Waals surface area contributed by atoms with Gasteiger partial charge in [-0.2, -0.15) is 14.0 Å². The number of hydrogen-bond acceptors (Lipinski definition) is 6. The summed E-state index contributed by atoms with van der Waals surface area (Å²) in [6, 6.07) is 0. The maximum atomic E-state index is 8.63. The van der Waals surface area contributed by atoms with Gasteiger partial charge in [0, 0.05) is 42.3 Å². The van der Waals surface area contributed by atoms with Crippen LogP contribution in [-0.2, 0) is 10.4 Å². The van der Waals surface area contributed by atoms with Crippen LogP contribution in [0.4, 0.5) is 0 Å². The minimum Gasteiger partial charge on any atom is -0.726 e. The minimum atomic E-state index is -4.92. The lowest BCUT2D eigenvalue weighted by Crippen LogP contribution is -2.35. The molecule has 0 atom stereocenters. The number of nitrogens with zero attached hydrogens (tertiary/aromatic N) is 3. The fourth-order valence-electron chi connectivity index (χ4n) is 1.07. The van der Waals surface area contributed by atoms with Crippen LogP contribution in [0.1, 0.15) is 0 Å². The van der Waals surface area contributed by atoms with Crippen LogP contribution in [0, 0.1) is 0 Å². The summed E-state index contributed by atoms with van der Waals surface area (Å²) in [6.45, 7) is 2.30. The van der Waals surface area contributed by atoms with Gasteiger partial charge in [0.15, 0.2) is 0 Å². The molecular formula is C7H22N3O4PS. The zero-order valence-corrected chi connectivity index (χ0v) is 12.6. The average Bonchev–Trinajstić information content (AvgIpc) is 1.98. The first-order valence-electron chi connectivity index (χ1n) is 4.41. The molecule has 0 aliphatic rings. The summed E-state index contributed by atoms with van der Waals surface area (Å²) in [6.07, 6.45) is 0. The van der Waals surface area contributed by atoms with E-state index in [0.717, 1.165) is 0 Å². The van der Waals surface area contributed by atoms with Gasteiger partial charge in [0.2, 0.25) is 18.1 Å². The van der Waals surface area contributed by atoms with E-state index in [9.17, 15) is 0 Å². The normalized spacial score (nSPS) is 13.0. The fourth-order valence-corrected chi connectivity index (χ4v) is 3.22. The van der Waals surface area contributed by atoms with Crippen molar-refractivity contribution in [2.45, 2.75) is 0 Å². The predicted octanol–water partition coefficient (Wildman–Crippen LogP) is 0.0682. The molecule has 9 heteroatoms. The van der Waals surface area contributed by atoms with E-state index in [1.807, 2.05) is 0 Å². The zero-order valence-electron chi connectivity index (χ0n) is 10.9. The predicted molar refractivity (Wildman–Crippen MR) is 66.2 cm³/mol. The van der Waals surface area contributed by atoms with Gasteiger partial charge < -0.3 is 4.55 Å². The standard InChI is InChI=1S/C7H21N3P.H2O4S/c1-8(2)11(7,9(3)4)10(5)6;1-5(2,3)4/h1-7H3;(H2,1,2,3,4)/q+1;/p-1. The van der Waals surface area contributed by atoms with Crippen molar-refractivity contribution in [1.29, 1.82) is 0 Å². The summed E-state index contributed by atoms with van der Waals surface area (Å²) in [4.78, 5) is 0. The van der Waals surface area contributed by atoms with E-state index in [-0.39, 0.29) is 0 Å². The largest absolute Gasteiger partial charge is 0.726 e. The molecule has 0 fully saturated rings. The van der Waals surface area contributed by atoms with Gasteiger partial charge in [0.05, 0.1) is 6.66 Å². The Morgan fingerprint density at radius 2 is 1.06 bits per heavy atom. The first-order chi connectivity index (χ1) is 6.83. The Morgan fingerprint density at radius 3 is 1.06 bits per heavy atom. The van der Waals surface area contributed by atoms with Gasteiger partial charge in [-0.3, -0.25) is 4.55 Å². The molecule has 0 aromatic carbocycles. The van der Waals surface area contributed by atoms with Crippen molar-refractivity contribution < 1.29 is 17.5 Å². The Hall–Kier alpha value is 0.180. The van der Waals surface area contributed by atoms with Crippen molar-refractivity contribution in [3.8, 4) is 0 Å². The van der Waals surface area contributed by atoms with Crippen LogP contribution in [-0.4, -0.2) is 80.5 Å². The van der Waals surface area contributed by atoms with E-state index in [0.29, 0.717) is 0 Å². The second-order valence-corrected chi connectivity index (χ2v) is 8.83. The third-order valence-electron chi connectivity index (χ3n) is 2.27. The summed E-state index contributed by atoms with van der Waals surface area (Å²) >= 11 is 0. The Bertz CT molecular complexity index is 262. The van der Waals surface area contributed by atoms with Crippen LogP contribution in [0.2, 0.25) is 0 Å². The Balaban J connectivity index is 0. The molecule has 0 aliphatic heterocycles. The van der Waals surface area contributed by atoms with Crippen LogP contribution in [0.5, 0.6) is 0 Å². The third-order valence-corrected chi connectivity index (χ3v) is 6.82. The second kappa shape index (κ2) is 6.80. The van der Waals surface area contributed by atoms with Gasteiger partial charge in [-0.15, -0.1) is 0 Å². The SMILES string of the molecule is CN(C)[P+](C)(N(C)C)N(C)C.O=S(=O)([O-])O. The zero-order chi connectivity index (χ0) is 13.7. The molecule has 1 N–H and O–H groups in total. The van der Waals surface area contributed by atoms with Crippen LogP contribution in [0.15, 0.2) is 0 Å². The fraction of sp³-hybridized carbons (Fsp3) is 1.00. The van der Waals surface area contributed by atoms with Crippen LogP contribution in [0.3, 0.4) is 0 Å². The first-order valence-corrected chi connectivity index (χ1v) is 7.87. The van der Waals surface area contributed by atoms with Gasteiger partial charge in [0.25, 0.3) is 0 Å². The Labute approximate surface area is 99.1 Å². The molecule has 0 unspecified atom stereocenters. The quantitative estimate of drug-likeness (QED) is 0.443. The highest BCUT2D eigenvalue weighted by atomic mass is 32.3. The molecule has 0 aromatic heterocycles. The minimum absolute atomic E-state index is 1.19. The van der Waals surface area contributed by atoms with E-state index in [1.165, 1.54) is 0 Å². The molecule has 100 valence electrons. The summed E-state index contributed by atoms with van der Waals surface area (Å²) in [7, 11) is 6.69. The molecule has 7 nitrogen and oxygen atoms in total. The molecule has 0 amide bonds. The van der Waals surface area contributed by atoms with Gasteiger partial charge in [-0.05, 0) is 0 Å². The van der Waals surface area contributed by atoms with Gasteiger partial charge in [-0.25, -0.2) is 8.42 Å². The van der Waals surface area contributed by atoms with Crippen LogP contribution in [0.25, 0.3) is 0 Å². The van der Waals surface area contributed by atoms with Crippen molar-refractivity contribution in [1.82, 2.24) is 14.0 Å². The maximum absolute atomic E-state index is 8.63. The summed E-state index contributed by atoms with van der Waals surface area (Å²) in [5, 5.41) is 0. The van der Waals surface area contributed by atoms with E-state index in [2.05, 4.69) is 63.0 Å². The Kier molecular flexibility index (Phi) is 7.89. The molecule has 0 rings (SSSR count). The van der Waals surface area contributed by atoms with Crippen LogP contribution >= 0.6 is 7.71 Å². The van der Waals surface area contributed by atoms with Crippen molar-refractivity contribution in [3.05, 3.63) is 0 Å². The smallest absolute Gasteiger partial charge is 0.222 e. The highest BCUT2D eigenvalue weighted by Gasteiger charge is 2.41. The Morgan fingerprint density at radius 1 is 0.938 bits per heavy atom. The van der Waals surface area contributed by atoms with Crippen LogP contribution < -0.4 is 0 Å². The lowest BCUT2D eigenvalue weighted by molar-refractivity contribution is 0.366. The van der Waals surface area contributed by atoms with Gasteiger partial charge >= 0.3 is 0 Å². The second-order valence-electron chi connectivity index (χ2n) is 3.84. The number of rotatable bonds is 3. The van der Waals surface area contributed by atoms with Crippen molar-refractivity contribution in [2.75, 3.05) is 49.0 Å². The first kappa shape index (κ1) is 18.5. The van der Waals surface area contributed by atoms with Gasteiger partial charge in [0.1, 0.15) is 0 Å². The summed E-state index contributed by atoms with van der Waals surface area (Å²) in [5.74, 6) is 0. The lowest BCUT2D eigenvalue weighted by Gasteiger charge is -2.36. The summed E-state index contributed by atoms with van der Waals surface area (Å²) in [5.41, 5.74) is 0. The molecule has 0 radical (unpaired) electrons. The molecule has 0 aliphatic carbocycles. The van der Waals surface area contributed by atoms with E-state index < -0.39 is 18.1 Å². The highest BCUT2D eigenvalue weighted by molar-refractivity contribution is 7.79. The van der Waals surface area contributed by atoms with Crippen molar-refractivity contribution >= 4 is 18.1 Å². The average molecular weight is 275 g/mol. The lowest BCUT2D eigenvalue weighted by atomic mass is 11.2. The molecule has 0 spiro atoms. The topological polar surface area (TPSA) is 87.2 Å². The molecule has 0 saturated carbocycles. The molecule has 0 aromatic rings. The monoisotopic (exact) mass is 275 g/mol. The summed E-state index contributed by atoms with van der Waals surface area (Å²) < 4.78 is 39.7. The maximum Gasteiger partial charge on any atom is 0.222 e. The molecule has 16 heavy (non-hydrogen) atoms.